The third-order valence-electron chi connectivity index (χ3n) is 8.11. The van der Waals surface area contributed by atoms with Gasteiger partial charge in [-0.15, -0.1) is 11.3 Å². The number of nitrogens with zero attached hydrogens (tertiary/aromatic N) is 3. The summed E-state index contributed by atoms with van der Waals surface area (Å²) < 4.78 is 0. The molecule has 1 aliphatic carbocycles. The van der Waals surface area contributed by atoms with Gasteiger partial charge in [-0.05, 0) is 87.2 Å². The van der Waals surface area contributed by atoms with Crippen molar-refractivity contribution in [3.05, 3.63) is 106 Å². The van der Waals surface area contributed by atoms with Crippen LogP contribution in [-0.4, -0.2) is 0 Å². The monoisotopic (exact) mass is 555 g/mol. The van der Waals surface area contributed by atoms with Gasteiger partial charge in [-0.1, -0.05) is 85.7 Å². The summed E-state index contributed by atoms with van der Waals surface area (Å²) in [5, 5.41) is 18.5. The molecule has 0 aliphatic heterocycles. The molecule has 0 saturated heterocycles. The molecule has 4 aromatic rings. The first-order valence-electron chi connectivity index (χ1n) is 14.1. The maximum absolute atomic E-state index is 9.23. The standard InChI is InChI=1S/C37H37N3S/c1-35(2,3)25-9-13-27(14-10-25)40(28-15-11-26(12-16-28)36(4,5)6)29-17-18-31-32(20-29)37(7,8)33-21-30(41-34(31)33)19-24(22-38)23-39/h9-21H,1-8H3. The minimum atomic E-state index is -0.208. The number of allylic oxidation sites excluding steroid dienone is 1. The smallest absolute Gasteiger partial charge is 0.131 e. The van der Waals surface area contributed by atoms with E-state index in [0.29, 0.717) is 0 Å². The largest absolute Gasteiger partial charge is 0.310 e. The van der Waals surface area contributed by atoms with Crippen molar-refractivity contribution in [3.8, 4) is 22.6 Å². The predicted octanol–water partition coefficient (Wildman–Crippen LogP) is 10.5. The van der Waals surface area contributed by atoms with E-state index in [1.807, 2.05) is 12.1 Å². The van der Waals surface area contributed by atoms with Crippen LogP contribution in [-0.2, 0) is 16.2 Å². The molecule has 5 rings (SSSR count). The van der Waals surface area contributed by atoms with Crippen LogP contribution in [0.2, 0.25) is 0 Å². The average molecular weight is 556 g/mol. The van der Waals surface area contributed by atoms with Gasteiger partial charge in [0.05, 0.1) is 0 Å². The molecule has 0 amide bonds. The van der Waals surface area contributed by atoms with Crippen molar-refractivity contribution >= 4 is 34.5 Å². The summed E-state index contributed by atoms with van der Waals surface area (Å²) in [6.45, 7) is 18.0. The van der Waals surface area contributed by atoms with Crippen molar-refractivity contribution in [1.29, 1.82) is 10.5 Å². The summed E-state index contributed by atoms with van der Waals surface area (Å²) in [5.74, 6) is 0. The van der Waals surface area contributed by atoms with Gasteiger partial charge in [0.2, 0.25) is 0 Å². The highest BCUT2D eigenvalue weighted by Crippen LogP contribution is 2.54. The highest BCUT2D eigenvalue weighted by Gasteiger charge is 2.38. The second-order valence-corrected chi connectivity index (χ2v) is 14.5. The molecule has 1 aromatic heterocycles. The Balaban J connectivity index is 1.63. The molecule has 0 N–H and O–H groups in total. The highest BCUT2D eigenvalue weighted by atomic mass is 32.1. The van der Waals surface area contributed by atoms with Gasteiger partial charge in [0.15, 0.2) is 0 Å². The van der Waals surface area contributed by atoms with E-state index >= 15 is 0 Å². The number of hydrogen-bond acceptors (Lipinski definition) is 4. The Morgan fingerprint density at radius 1 is 0.707 bits per heavy atom. The molecule has 0 fully saturated rings. The summed E-state index contributed by atoms with van der Waals surface area (Å²) >= 11 is 1.65. The molecule has 4 heteroatoms. The van der Waals surface area contributed by atoms with Gasteiger partial charge >= 0.3 is 0 Å². The van der Waals surface area contributed by atoms with E-state index in [-0.39, 0.29) is 21.8 Å². The van der Waals surface area contributed by atoms with Crippen molar-refractivity contribution in [2.75, 3.05) is 4.90 Å². The quantitative estimate of drug-likeness (QED) is 0.235. The zero-order chi connectivity index (χ0) is 29.7. The fourth-order valence-electron chi connectivity index (χ4n) is 5.58. The highest BCUT2D eigenvalue weighted by molar-refractivity contribution is 7.16. The summed E-state index contributed by atoms with van der Waals surface area (Å²) in [6, 6.07) is 30.8. The summed E-state index contributed by atoms with van der Waals surface area (Å²) in [7, 11) is 0. The van der Waals surface area contributed by atoms with E-state index in [2.05, 4.69) is 133 Å². The van der Waals surface area contributed by atoms with Crippen LogP contribution in [0.5, 0.6) is 0 Å². The van der Waals surface area contributed by atoms with E-state index in [0.717, 1.165) is 21.9 Å². The van der Waals surface area contributed by atoms with Crippen LogP contribution in [0.15, 0.2) is 78.4 Å². The number of rotatable bonds is 4. The first-order chi connectivity index (χ1) is 19.2. The topological polar surface area (TPSA) is 50.8 Å². The van der Waals surface area contributed by atoms with Gasteiger partial charge in [-0.2, -0.15) is 10.5 Å². The molecule has 3 nitrogen and oxygen atoms in total. The molecular formula is C37H37N3S. The number of benzene rings is 3. The van der Waals surface area contributed by atoms with E-state index < -0.39 is 0 Å². The van der Waals surface area contributed by atoms with Crippen molar-refractivity contribution in [2.24, 2.45) is 0 Å². The molecule has 0 atom stereocenters. The van der Waals surface area contributed by atoms with Gasteiger partial charge in [-0.25, -0.2) is 0 Å². The summed E-state index contributed by atoms with van der Waals surface area (Å²) in [6.07, 6.45) is 1.69. The predicted molar refractivity (Wildman–Crippen MR) is 173 cm³/mol. The molecule has 1 aliphatic rings. The van der Waals surface area contributed by atoms with Gasteiger partial charge < -0.3 is 4.90 Å². The van der Waals surface area contributed by atoms with Crippen LogP contribution in [0.3, 0.4) is 0 Å². The third kappa shape index (κ3) is 5.21. The Labute approximate surface area is 249 Å². The number of hydrogen-bond donors (Lipinski definition) is 0. The van der Waals surface area contributed by atoms with E-state index in [1.165, 1.54) is 32.7 Å². The molecule has 0 spiro atoms. The number of nitriles is 2. The van der Waals surface area contributed by atoms with Crippen molar-refractivity contribution < 1.29 is 0 Å². The maximum Gasteiger partial charge on any atom is 0.131 e. The molecular weight excluding hydrogens is 518 g/mol. The molecule has 41 heavy (non-hydrogen) atoms. The molecule has 0 saturated carbocycles. The average Bonchev–Trinajstić information content (AvgIpc) is 3.43. The Morgan fingerprint density at radius 3 is 1.66 bits per heavy atom. The molecule has 0 unspecified atom stereocenters. The van der Waals surface area contributed by atoms with Gasteiger partial charge in [0.25, 0.3) is 0 Å². The molecule has 1 heterocycles. The molecule has 0 bridgehead atoms. The minimum absolute atomic E-state index is 0.0853. The van der Waals surface area contributed by atoms with E-state index in [4.69, 9.17) is 0 Å². The Morgan fingerprint density at radius 2 is 1.20 bits per heavy atom. The van der Waals surface area contributed by atoms with Crippen molar-refractivity contribution in [2.45, 2.75) is 71.6 Å². The molecule has 206 valence electrons. The molecule has 0 radical (unpaired) electrons. The van der Waals surface area contributed by atoms with Crippen LogP contribution in [0.1, 0.15) is 82.5 Å². The van der Waals surface area contributed by atoms with Gasteiger partial charge in [0, 0.05) is 32.2 Å². The van der Waals surface area contributed by atoms with Crippen LogP contribution in [0, 0.1) is 22.7 Å². The molecule has 3 aromatic carbocycles. The fraction of sp³-hybridized carbons (Fsp3) is 0.297. The zero-order valence-electron chi connectivity index (χ0n) is 25.3. The van der Waals surface area contributed by atoms with E-state index in [1.54, 1.807) is 17.4 Å². The van der Waals surface area contributed by atoms with Crippen LogP contribution in [0.4, 0.5) is 17.1 Å². The number of anilines is 3. The zero-order valence-corrected chi connectivity index (χ0v) is 26.1. The van der Waals surface area contributed by atoms with Crippen LogP contribution < -0.4 is 4.90 Å². The number of fused-ring (bicyclic) bond motifs is 3. The van der Waals surface area contributed by atoms with Gasteiger partial charge in [0.1, 0.15) is 17.7 Å². The minimum Gasteiger partial charge on any atom is -0.310 e. The van der Waals surface area contributed by atoms with Crippen molar-refractivity contribution in [1.82, 2.24) is 0 Å². The first-order valence-corrected chi connectivity index (χ1v) is 14.9. The summed E-state index contributed by atoms with van der Waals surface area (Å²) in [5.41, 5.74) is 9.83. The normalized spacial score (nSPS) is 13.5. The lowest BCUT2D eigenvalue weighted by atomic mass is 9.82. The third-order valence-corrected chi connectivity index (χ3v) is 9.23. The Kier molecular flexibility index (Phi) is 6.97. The second kappa shape index (κ2) is 10.1. The lowest BCUT2D eigenvalue weighted by molar-refractivity contribution is 0.590. The Bertz CT molecular complexity index is 1650. The lowest BCUT2D eigenvalue weighted by Crippen LogP contribution is -2.17. The summed E-state index contributed by atoms with van der Waals surface area (Å²) in [4.78, 5) is 4.51. The first kappa shape index (κ1) is 28.4. The van der Waals surface area contributed by atoms with E-state index in [9.17, 15) is 10.5 Å². The van der Waals surface area contributed by atoms with Crippen LogP contribution >= 0.6 is 11.3 Å². The number of thiophene rings is 1. The Hall–Kier alpha value is -4.12. The fourth-order valence-corrected chi connectivity index (χ4v) is 6.88. The lowest BCUT2D eigenvalue weighted by Gasteiger charge is -2.29. The van der Waals surface area contributed by atoms with Gasteiger partial charge in [-0.3, -0.25) is 0 Å². The second-order valence-electron chi connectivity index (χ2n) is 13.5. The van der Waals surface area contributed by atoms with Crippen molar-refractivity contribution in [3.63, 3.8) is 0 Å². The maximum atomic E-state index is 9.23. The van der Waals surface area contributed by atoms with Crippen LogP contribution in [0.25, 0.3) is 16.5 Å². The SMILES string of the molecule is CC(C)(C)c1ccc(N(c2ccc(C(C)(C)C)cc2)c2ccc3c(c2)C(C)(C)c2cc(C=C(C#N)C#N)sc2-3)cc1.